The Morgan fingerprint density at radius 3 is 2.89 bits per heavy atom. The number of hydrogen-bond acceptors (Lipinski definition) is 3. The predicted octanol–water partition coefficient (Wildman–Crippen LogP) is 2.38. The molecule has 19 heavy (non-hydrogen) atoms. The number of aromatic nitrogens is 1. The van der Waals surface area contributed by atoms with E-state index in [0.717, 1.165) is 18.5 Å². The monoisotopic (exact) mass is 327 g/mol. The van der Waals surface area contributed by atoms with Crippen LogP contribution in [0, 0.1) is 6.92 Å². The maximum atomic E-state index is 12.1. The van der Waals surface area contributed by atoms with Crippen LogP contribution in [0.4, 0.5) is 5.69 Å². The summed E-state index contributed by atoms with van der Waals surface area (Å²) in [4.78, 5) is 14.5. The second-order valence-corrected chi connectivity index (χ2v) is 6.23. The number of anilines is 1. The molecule has 4 nitrogen and oxygen atoms in total. The van der Waals surface area contributed by atoms with Gasteiger partial charge in [-0.15, -0.1) is 0 Å². The highest BCUT2D eigenvalue weighted by molar-refractivity contribution is 9.10. The van der Waals surface area contributed by atoms with Crippen molar-refractivity contribution in [3.8, 4) is 0 Å². The third-order valence-electron chi connectivity index (χ3n) is 4.13. The molecule has 2 heterocycles. The number of piperidine rings is 1. The van der Waals surface area contributed by atoms with E-state index in [1.165, 1.54) is 25.8 Å². The van der Waals surface area contributed by atoms with E-state index >= 15 is 0 Å². The quantitative estimate of drug-likeness (QED) is 0.927. The van der Waals surface area contributed by atoms with Crippen LogP contribution >= 0.6 is 15.9 Å². The van der Waals surface area contributed by atoms with E-state index in [1.807, 2.05) is 6.92 Å². The SMILES string of the molecule is Cc1c(N)cn(CCC2CCCCN2C)c(=O)c1Br. The first-order valence-electron chi connectivity index (χ1n) is 6.86. The molecule has 1 aliphatic heterocycles. The molecule has 1 unspecified atom stereocenters. The lowest BCUT2D eigenvalue weighted by molar-refractivity contribution is 0.170. The summed E-state index contributed by atoms with van der Waals surface area (Å²) >= 11 is 3.33. The Balaban J connectivity index is 2.09. The van der Waals surface area contributed by atoms with Crippen LogP contribution in [0.3, 0.4) is 0 Å². The van der Waals surface area contributed by atoms with Crippen molar-refractivity contribution in [2.75, 3.05) is 19.3 Å². The smallest absolute Gasteiger partial charge is 0.265 e. The van der Waals surface area contributed by atoms with Crippen molar-refractivity contribution in [2.45, 2.75) is 45.2 Å². The molecule has 0 amide bonds. The van der Waals surface area contributed by atoms with Crippen molar-refractivity contribution in [3.05, 3.63) is 26.6 Å². The molecule has 0 radical (unpaired) electrons. The lowest BCUT2D eigenvalue weighted by atomic mass is 10.00. The van der Waals surface area contributed by atoms with Gasteiger partial charge in [0, 0.05) is 18.8 Å². The van der Waals surface area contributed by atoms with E-state index in [2.05, 4.69) is 27.9 Å². The minimum Gasteiger partial charge on any atom is -0.397 e. The van der Waals surface area contributed by atoms with Crippen LogP contribution in [0.1, 0.15) is 31.2 Å². The second-order valence-electron chi connectivity index (χ2n) is 5.44. The number of hydrogen-bond donors (Lipinski definition) is 1. The third kappa shape index (κ3) is 3.20. The first-order chi connectivity index (χ1) is 9.00. The Morgan fingerprint density at radius 2 is 2.21 bits per heavy atom. The van der Waals surface area contributed by atoms with Crippen LogP contribution in [0.15, 0.2) is 15.5 Å². The van der Waals surface area contributed by atoms with E-state index in [0.29, 0.717) is 16.2 Å². The number of halogens is 1. The highest BCUT2D eigenvalue weighted by Gasteiger charge is 2.19. The molecule has 2 rings (SSSR count). The van der Waals surface area contributed by atoms with Crippen molar-refractivity contribution < 1.29 is 0 Å². The van der Waals surface area contributed by atoms with Gasteiger partial charge >= 0.3 is 0 Å². The molecule has 1 saturated heterocycles. The van der Waals surface area contributed by atoms with Crippen molar-refractivity contribution in [1.82, 2.24) is 9.47 Å². The van der Waals surface area contributed by atoms with Crippen LogP contribution in [0.5, 0.6) is 0 Å². The normalized spacial score (nSPS) is 20.7. The number of nitrogen functional groups attached to an aromatic ring is 1. The molecule has 0 aromatic carbocycles. The average molecular weight is 328 g/mol. The van der Waals surface area contributed by atoms with Gasteiger partial charge in [0.2, 0.25) is 0 Å². The molecule has 2 N–H and O–H groups in total. The average Bonchev–Trinajstić information content (AvgIpc) is 2.40. The molecule has 5 heteroatoms. The lowest BCUT2D eigenvalue weighted by Gasteiger charge is -2.32. The Labute approximate surface area is 122 Å². The predicted molar refractivity (Wildman–Crippen MR) is 82.4 cm³/mol. The number of aryl methyl sites for hydroxylation is 1. The second kappa shape index (κ2) is 6.09. The fraction of sp³-hybridized carbons (Fsp3) is 0.643. The summed E-state index contributed by atoms with van der Waals surface area (Å²) in [5, 5.41) is 0. The zero-order valence-electron chi connectivity index (χ0n) is 11.7. The van der Waals surface area contributed by atoms with Gasteiger partial charge in [0.1, 0.15) is 0 Å². The van der Waals surface area contributed by atoms with Crippen molar-refractivity contribution in [1.29, 1.82) is 0 Å². The molecular weight excluding hydrogens is 306 g/mol. The Morgan fingerprint density at radius 1 is 1.47 bits per heavy atom. The molecule has 0 aliphatic carbocycles. The molecule has 1 aromatic rings. The van der Waals surface area contributed by atoms with Gasteiger partial charge < -0.3 is 15.2 Å². The maximum Gasteiger partial charge on any atom is 0.265 e. The molecule has 1 atom stereocenters. The van der Waals surface area contributed by atoms with Gasteiger partial charge in [-0.25, -0.2) is 0 Å². The van der Waals surface area contributed by atoms with Crippen molar-refractivity contribution in [3.63, 3.8) is 0 Å². The number of rotatable bonds is 3. The van der Waals surface area contributed by atoms with Crippen LogP contribution < -0.4 is 11.3 Å². The van der Waals surface area contributed by atoms with E-state index < -0.39 is 0 Å². The largest absolute Gasteiger partial charge is 0.397 e. The Hall–Kier alpha value is -0.810. The summed E-state index contributed by atoms with van der Waals surface area (Å²) in [7, 11) is 2.17. The van der Waals surface area contributed by atoms with E-state index in [1.54, 1.807) is 10.8 Å². The number of nitrogens with two attached hydrogens (primary N) is 1. The van der Waals surface area contributed by atoms with Crippen molar-refractivity contribution in [2.24, 2.45) is 0 Å². The Bertz CT molecular complexity index is 512. The number of pyridine rings is 1. The van der Waals surface area contributed by atoms with Gasteiger partial charge in [0.25, 0.3) is 5.56 Å². The molecule has 0 bridgehead atoms. The third-order valence-corrected chi connectivity index (χ3v) is 5.06. The lowest BCUT2D eigenvalue weighted by Crippen LogP contribution is -2.37. The van der Waals surface area contributed by atoms with Crippen molar-refractivity contribution >= 4 is 21.6 Å². The molecule has 1 fully saturated rings. The summed E-state index contributed by atoms with van der Waals surface area (Å²) in [5.74, 6) is 0. The summed E-state index contributed by atoms with van der Waals surface area (Å²) in [5.41, 5.74) is 7.44. The fourth-order valence-electron chi connectivity index (χ4n) is 2.70. The van der Waals surface area contributed by atoms with Gasteiger partial charge in [-0.05, 0) is 61.3 Å². The highest BCUT2D eigenvalue weighted by Crippen LogP contribution is 2.20. The molecule has 0 spiro atoms. The van der Waals surface area contributed by atoms with Gasteiger partial charge in [-0.2, -0.15) is 0 Å². The summed E-state index contributed by atoms with van der Waals surface area (Å²) in [6, 6.07) is 0.585. The minimum atomic E-state index is 0.0187. The number of nitrogens with zero attached hydrogens (tertiary/aromatic N) is 2. The highest BCUT2D eigenvalue weighted by atomic mass is 79.9. The van der Waals surface area contributed by atoms with Gasteiger partial charge in [-0.3, -0.25) is 4.79 Å². The van der Waals surface area contributed by atoms with E-state index in [9.17, 15) is 4.79 Å². The maximum absolute atomic E-state index is 12.1. The summed E-state index contributed by atoms with van der Waals surface area (Å²) in [6.07, 6.45) is 6.59. The summed E-state index contributed by atoms with van der Waals surface area (Å²) < 4.78 is 2.32. The Kier molecular flexibility index (Phi) is 4.68. The molecule has 0 saturated carbocycles. The van der Waals surface area contributed by atoms with E-state index in [4.69, 9.17) is 5.73 Å². The topological polar surface area (TPSA) is 51.3 Å². The van der Waals surface area contributed by atoms with Gasteiger partial charge in [0.15, 0.2) is 0 Å². The first kappa shape index (κ1) is 14.6. The van der Waals surface area contributed by atoms with E-state index in [-0.39, 0.29) is 5.56 Å². The summed E-state index contributed by atoms with van der Waals surface area (Å²) in [6.45, 7) is 3.76. The fourth-order valence-corrected chi connectivity index (χ4v) is 3.16. The first-order valence-corrected chi connectivity index (χ1v) is 7.65. The van der Waals surface area contributed by atoms with Crippen LogP contribution in [0.25, 0.3) is 0 Å². The van der Waals surface area contributed by atoms with Crippen LogP contribution in [-0.4, -0.2) is 29.1 Å². The molecule has 106 valence electrons. The number of likely N-dealkylation sites (tertiary alicyclic amines) is 1. The van der Waals surface area contributed by atoms with Crippen LogP contribution in [0.2, 0.25) is 0 Å². The van der Waals surface area contributed by atoms with Gasteiger partial charge in [0.05, 0.1) is 10.2 Å². The molecule has 1 aliphatic rings. The molecular formula is C14H22BrN3O. The zero-order valence-corrected chi connectivity index (χ0v) is 13.2. The molecule has 1 aromatic heterocycles. The zero-order chi connectivity index (χ0) is 14.0. The minimum absolute atomic E-state index is 0.0187. The van der Waals surface area contributed by atoms with Crippen LogP contribution in [-0.2, 0) is 6.54 Å². The van der Waals surface area contributed by atoms with Gasteiger partial charge in [-0.1, -0.05) is 6.42 Å². The standard InChI is InChI=1S/C14H22BrN3O/c1-10-12(16)9-18(14(19)13(10)15)8-6-11-5-3-4-7-17(11)2/h9,11H,3-8,16H2,1-2H3.